The lowest BCUT2D eigenvalue weighted by Gasteiger charge is -2.04. The van der Waals surface area contributed by atoms with Crippen LogP contribution in [0.4, 0.5) is 0 Å². The van der Waals surface area contributed by atoms with Gasteiger partial charge in [-0.25, -0.2) is 0 Å². The average Bonchev–Trinajstić information content (AvgIpc) is 3.13. The van der Waals surface area contributed by atoms with Gasteiger partial charge in [0.05, 0.1) is 10.0 Å². The predicted octanol–water partition coefficient (Wildman–Crippen LogP) is 3.80. The summed E-state index contributed by atoms with van der Waals surface area (Å²) in [6.07, 6.45) is 1.73. The van der Waals surface area contributed by atoms with Crippen LogP contribution in [0.2, 0.25) is 10.0 Å². The van der Waals surface area contributed by atoms with E-state index in [1.165, 1.54) is 0 Å². The Hall–Kier alpha value is -1.10. The van der Waals surface area contributed by atoms with Crippen LogP contribution < -0.4 is 5.32 Å². The minimum Gasteiger partial charge on any atom is -0.339 e. The fourth-order valence-corrected chi connectivity index (χ4v) is 2.94. The molecule has 3 atom stereocenters. The number of rotatable bonds is 5. The molecule has 1 aliphatic rings. The van der Waals surface area contributed by atoms with Crippen molar-refractivity contribution in [2.24, 2.45) is 0 Å². The van der Waals surface area contributed by atoms with Gasteiger partial charge in [0.1, 0.15) is 0 Å². The van der Waals surface area contributed by atoms with Gasteiger partial charge in [-0.2, -0.15) is 4.98 Å². The molecule has 21 heavy (non-hydrogen) atoms. The van der Waals surface area contributed by atoms with Gasteiger partial charge < -0.3 is 9.84 Å². The van der Waals surface area contributed by atoms with Crippen LogP contribution in [0.5, 0.6) is 0 Å². The largest absolute Gasteiger partial charge is 0.339 e. The summed E-state index contributed by atoms with van der Waals surface area (Å²) >= 11 is 12.3. The first kappa shape index (κ1) is 14.8. The number of hydrogen-bond acceptors (Lipinski definition) is 4. The number of hydrogen-bond donors (Lipinski definition) is 1. The van der Waals surface area contributed by atoms with Crippen LogP contribution in [-0.2, 0) is 6.42 Å². The summed E-state index contributed by atoms with van der Waals surface area (Å²) < 4.78 is 5.39. The normalized spacial score (nSPS) is 22.3. The second-order valence-electron chi connectivity index (χ2n) is 5.53. The molecule has 112 valence electrons. The molecule has 3 unspecified atom stereocenters. The summed E-state index contributed by atoms with van der Waals surface area (Å²) in [6, 6.07) is 6.06. The highest BCUT2D eigenvalue weighted by molar-refractivity contribution is 6.42. The van der Waals surface area contributed by atoms with Crippen LogP contribution in [0.3, 0.4) is 0 Å². The molecule has 0 aliphatic heterocycles. The number of nitrogens with one attached hydrogen (secondary N) is 1. The molecule has 0 spiro atoms. The van der Waals surface area contributed by atoms with Crippen molar-refractivity contribution in [3.8, 4) is 0 Å². The third-order valence-electron chi connectivity index (χ3n) is 3.95. The van der Waals surface area contributed by atoms with E-state index in [9.17, 15) is 0 Å². The summed E-state index contributed by atoms with van der Waals surface area (Å²) in [5.41, 5.74) is 1.07. The van der Waals surface area contributed by atoms with E-state index in [1.807, 2.05) is 19.2 Å². The number of aromatic nitrogens is 2. The monoisotopic (exact) mass is 325 g/mol. The van der Waals surface area contributed by atoms with Crippen molar-refractivity contribution in [1.29, 1.82) is 0 Å². The smallest absolute Gasteiger partial charge is 0.230 e. The zero-order chi connectivity index (χ0) is 15.0. The molecular formula is C15H17Cl2N3O. The van der Waals surface area contributed by atoms with Crippen molar-refractivity contribution in [2.75, 3.05) is 7.05 Å². The Morgan fingerprint density at radius 3 is 2.95 bits per heavy atom. The van der Waals surface area contributed by atoms with E-state index in [0.29, 0.717) is 27.9 Å². The van der Waals surface area contributed by atoms with Gasteiger partial charge in [-0.15, -0.1) is 0 Å². The third kappa shape index (κ3) is 3.07. The van der Waals surface area contributed by atoms with Crippen molar-refractivity contribution in [2.45, 2.75) is 37.6 Å². The lowest BCUT2D eigenvalue weighted by molar-refractivity contribution is 0.371. The van der Waals surface area contributed by atoms with Crippen LogP contribution in [0.25, 0.3) is 0 Å². The Kier molecular flexibility index (Phi) is 4.20. The minimum absolute atomic E-state index is 0.257. The Labute approximate surface area is 133 Å². The van der Waals surface area contributed by atoms with E-state index in [2.05, 4.69) is 22.4 Å². The van der Waals surface area contributed by atoms with Crippen LogP contribution in [0.15, 0.2) is 22.7 Å². The van der Waals surface area contributed by atoms with Gasteiger partial charge in [0.2, 0.25) is 5.89 Å². The summed E-state index contributed by atoms with van der Waals surface area (Å²) in [7, 11) is 1.92. The van der Waals surface area contributed by atoms with Crippen LogP contribution in [-0.4, -0.2) is 23.2 Å². The Morgan fingerprint density at radius 1 is 1.38 bits per heavy atom. The summed E-state index contributed by atoms with van der Waals surface area (Å²) in [6.45, 7) is 2.09. The highest BCUT2D eigenvalue weighted by atomic mass is 35.5. The molecule has 1 fully saturated rings. The highest BCUT2D eigenvalue weighted by Crippen LogP contribution is 2.56. The molecule has 1 heterocycles. The second-order valence-corrected chi connectivity index (χ2v) is 6.32. The molecule has 0 radical (unpaired) electrons. The van der Waals surface area contributed by atoms with E-state index in [0.717, 1.165) is 24.2 Å². The number of halogens is 2. The number of benzene rings is 1. The van der Waals surface area contributed by atoms with Crippen molar-refractivity contribution >= 4 is 23.2 Å². The predicted molar refractivity (Wildman–Crippen MR) is 83.1 cm³/mol. The number of likely N-dealkylation sites (N-methyl/N-ethyl adjacent to an activating group) is 1. The maximum atomic E-state index is 6.27. The van der Waals surface area contributed by atoms with Gasteiger partial charge in [-0.1, -0.05) is 40.5 Å². The summed E-state index contributed by atoms with van der Waals surface area (Å²) in [4.78, 5) is 4.49. The Balaban J connectivity index is 1.72. The highest BCUT2D eigenvalue weighted by Gasteiger charge is 2.44. The third-order valence-corrected chi connectivity index (χ3v) is 4.79. The van der Waals surface area contributed by atoms with Gasteiger partial charge in [-0.05, 0) is 37.9 Å². The first-order chi connectivity index (χ1) is 10.1. The van der Waals surface area contributed by atoms with Gasteiger partial charge >= 0.3 is 0 Å². The Morgan fingerprint density at radius 2 is 2.19 bits per heavy atom. The van der Waals surface area contributed by atoms with E-state index in [4.69, 9.17) is 27.7 Å². The molecule has 0 saturated heterocycles. The van der Waals surface area contributed by atoms with E-state index < -0.39 is 0 Å². The molecule has 0 bridgehead atoms. The molecule has 1 aromatic heterocycles. The van der Waals surface area contributed by atoms with Gasteiger partial charge in [0.25, 0.3) is 0 Å². The molecule has 1 saturated carbocycles. The summed E-state index contributed by atoms with van der Waals surface area (Å²) in [5, 5.41) is 8.44. The fourth-order valence-electron chi connectivity index (χ4n) is 2.50. The standard InChI is InChI=1S/C15H17Cl2N3O/c1-8(18-2)6-13-19-15(21-20-13)11-7-10(11)9-4-3-5-12(16)14(9)17/h3-5,8,10-11,18H,6-7H2,1-2H3. The van der Waals surface area contributed by atoms with Crippen LogP contribution in [0.1, 0.15) is 42.5 Å². The zero-order valence-electron chi connectivity index (χ0n) is 11.9. The molecule has 0 amide bonds. The molecule has 1 N–H and O–H groups in total. The minimum atomic E-state index is 0.257. The van der Waals surface area contributed by atoms with Crippen LogP contribution in [0, 0.1) is 0 Å². The molecule has 3 rings (SSSR count). The first-order valence-electron chi connectivity index (χ1n) is 7.03. The van der Waals surface area contributed by atoms with Gasteiger partial charge in [0, 0.05) is 18.4 Å². The van der Waals surface area contributed by atoms with Crippen molar-refractivity contribution in [3.63, 3.8) is 0 Å². The molecular weight excluding hydrogens is 309 g/mol. The molecule has 4 nitrogen and oxygen atoms in total. The molecule has 2 aromatic rings. The average molecular weight is 326 g/mol. The van der Waals surface area contributed by atoms with E-state index >= 15 is 0 Å². The lowest BCUT2D eigenvalue weighted by Crippen LogP contribution is -2.24. The second kappa shape index (κ2) is 5.95. The van der Waals surface area contributed by atoms with Gasteiger partial charge in [-0.3, -0.25) is 0 Å². The lowest BCUT2D eigenvalue weighted by atomic mass is 10.1. The van der Waals surface area contributed by atoms with Crippen molar-refractivity contribution in [3.05, 3.63) is 45.5 Å². The first-order valence-corrected chi connectivity index (χ1v) is 7.79. The SMILES string of the molecule is CNC(C)Cc1noc(C2CC2c2cccc(Cl)c2Cl)n1. The Bertz CT molecular complexity index is 644. The quantitative estimate of drug-likeness (QED) is 0.908. The van der Waals surface area contributed by atoms with Crippen molar-refractivity contribution in [1.82, 2.24) is 15.5 Å². The maximum Gasteiger partial charge on any atom is 0.230 e. The fraction of sp³-hybridized carbons (Fsp3) is 0.467. The van der Waals surface area contributed by atoms with E-state index in [1.54, 1.807) is 6.07 Å². The van der Waals surface area contributed by atoms with Gasteiger partial charge in [0.15, 0.2) is 5.82 Å². The molecule has 6 heteroatoms. The number of nitrogens with zero attached hydrogens (tertiary/aromatic N) is 2. The van der Waals surface area contributed by atoms with E-state index in [-0.39, 0.29) is 5.92 Å². The van der Waals surface area contributed by atoms with Crippen LogP contribution >= 0.6 is 23.2 Å². The zero-order valence-corrected chi connectivity index (χ0v) is 13.4. The topological polar surface area (TPSA) is 51.0 Å². The molecule has 1 aromatic carbocycles. The molecule has 1 aliphatic carbocycles. The maximum absolute atomic E-state index is 6.27. The van der Waals surface area contributed by atoms with Crippen molar-refractivity contribution < 1.29 is 4.52 Å². The summed E-state index contributed by atoms with van der Waals surface area (Å²) in [5.74, 6) is 2.03.